The molecule has 0 spiro atoms. The van der Waals surface area contributed by atoms with Gasteiger partial charge in [0.05, 0.1) is 12.8 Å². The fourth-order valence-electron chi connectivity index (χ4n) is 2.39. The summed E-state index contributed by atoms with van der Waals surface area (Å²) in [5, 5.41) is 0. The van der Waals surface area contributed by atoms with Gasteiger partial charge in [-0.3, -0.25) is 0 Å². The number of hydrogen-bond acceptors (Lipinski definition) is 4. The fraction of sp³-hybridized carbons (Fsp3) is 0.562. The van der Waals surface area contributed by atoms with E-state index in [-0.39, 0.29) is 6.09 Å². The summed E-state index contributed by atoms with van der Waals surface area (Å²) in [6.07, 6.45) is 0.685. The molecule has 21 heavy (non-hydrogen) atoms. The van der Waals surface area contributed by atoms with E-state index in [2.05, 4.69) is 0 Å². The Morgan fingerprint density at radius 3 is 2.62 bits per heavy atom. The number of anilines is 1. The van der Waals surface area contributed by atoms with Crippen molar-refractivity contribution in [1.29, 1.82) is 0 Å². The van der Waals surface area contributed by atoms with Crippen molar-refractivity contribution < 1.29 is 14.3 Å². The van der Waals surface area contributed by atoms with E-state index in [4.69, 9.17) is 15.2 Å². The summed E-state index contributed by atoms with van der Waals surface area (Å²) in [5.41, 5.74) is 7.18. The first-order chi connectivity index (χ1) is 9.78. The van der Waals surface area contributed by atoms with Crippen LogP contribution in [0, 0.1) is 5.92 Å². The maximum atomic E-state index is 11.9. The molecule has 0 radical (unpaired) electrons. The van der Waals surface area contributed by atoms with Crippen molar-refractivity contribution in [2.24, 2.45) is 5.92 Å². The van der Waals surface area contributed by atoms with Crippen LogP contribution in [0.2, 0.25) is 0 Å². The molecule has 1 fully saturated rings. The van der Waals surface area contributed by atoms with Crippen molar-refractivity contribution in [2.75, 3.05) is 25.9 Å². The monoisotopic (exact) mass is 292 g/mol. The topological polar surface area (TPSA) is 64.8 Å². The van der Waals surface area contributed by atoms with Gasteiger partial charge in [0.25, 0.3) is 0 Å². The van der Waals surface area contributed by atoms with E-state index in [9.17, 15) is 4.79 Å². The lowest BCUT2D eigenvalue weighted by Gasteiger charge is -2.40. The highest BCUT2D eigenvalue weighted by molar-refractivity contribution is 5.69. The number of carbonyl (C=O) groups excluding carboxylic acids is 1. The fourth-order valence-corrected chi connectivity index (χ4v) is 2.39. The lowest BCUT2D eigenvalue weighted by molar-refractivity contribution is -0.000884. The molecule has 1 aliphatic rings. The normalized spacial score (nSPS) is 15.5. The van der Waals surface area contributed by atoms with Gasteiger partial charge in [-0.05, 0) is 50.8 Å². The van der Waals surface area contributed by atoms with Crippen LogP contribution in [-0.2, 0) is 11.2 Å². The summed E-state index contributed by atoms with van der Waals surface area (Å²) < 4.78 is 10.6. The molecule has 1 heterocycles. The first-order valence-corrected chi connectivity index (χ1v) is 7.19. The van der Waals surface area contributed by atoms with Gasteiger partial charge in [-0.1, -0.05) is 6.07 Å². The van der Waals surface area contributed by atoms with Crippen molar-refractivity contribution in [1.82, 2.24) is 4.90 Å². The van der Waals surface area contributed by atoms with Gasteiger partial charge >= 0.3 is 6.09 Å². The minimum Gasteiger partial charge on any atom is -0.495 e. The van der Waals surface area contributed by atoms with E-state index >= 15 is 0 Å². The summed E-state index contributed by atoms with van der Waals surface area (Å²) in [4.78, 5) is 13.6. The summed E-state index contributed by atoms with van der Waals surface area (Å²) in [7, 11) is 1.61. The predicted octanol–water partition coefficient (Wildman–Crippen LogP) is 2.69. The average Bonchev–Trinajstić information content (AvgIpc) is 2.32. The number of nitrogens with two attached hydrogens (primary N) is 1. The number of rotatable bonds is 3. The first kappa shape index (κ1) is 15.5. The summed E-state index contributed by atoms with van der Waals surface area (Å²) in [6, 6.07) is 5.83. The Morgan fingerprint density at radius 1 is 1.38 bits per heavy atom. The van der Waals surface area contributed by atoms with Gasteiger partial charge in [-0.2, -0.15) is 0 Å². The SMILES string of the molecule is COc1cc(CC2CN(C(=O)OC(C)(C)C)C2)ccc1N. The Labute approximate surface area is 126 Å². The minimum atomic E-state index is -0.438. The Kier molecular flexibility index (Phi) is 4.30. The number of carbonyl (C=O) groups is 1. The molecule has 1 aromatic carbocycles. The standard InChI is InChI=1S/C16H24N2O3/c1-16(2,3)21-15(19)18-9-12(10-18)7-11-5-6-13(17)14(8-11)20-4/h5-6,8,12H,7,9-10,17H2,1-4H3. The number of methoxy groups -OCH3 is 1. The number of hydrogen-bond donors (Lipinski definition) is 1. The molecule has 0 saturated carbocycles. The largest absolute Gasteiger partial charge is 0.495 e. The third-order valence-electron chi connectivity index (χ3n) is 3.43. The van der Waals surface area contributed by atoms with Gasteiger partial charge < -0.3 is 20.1 Å². The van der Waals surface area contributed by atoms with Crippen LogP contribution in [0.1, 0.15) is 26.3 Å². The van der Waals surface area contributed by atoms with Crippen LogP contribution in [0.5, 0.6) is 5.75 Å². The van der Waals surface area contributed by atoms with Crippen molar-refractivity contribution in [3.8, 4) is 5.75 Å². The number of nitrogen functional groups attached to an aromatic ring is 1. The molecule has 1 aliphatic heterocycles. The maximum absolute atomic E-state index is 11.9. The Morgan fingerprint density at radius 2 is 2.05 bits per heavy atom. The Bertz CT molecular complexity index is 517. The molecule has 5 heteroatoms. The van der Waals surface area contributed by atoms with Crippen molar-refractivity contribution in [2.45, 2.75) is 32.8 Å². The molecule has 2 rings (SSSR count). The lowest BCUT2D eigenvalue weighted by Crippen LogP contribution is -2.52. The van der Waals surface area contributed by atoms with Crippen LogP contribution >= 0.6 is 0 Å². The highest BCUT2D eigenvalue weighted by Gasteiger charge is 2.33. The van der Waals surface area contributed by atoms with E-state index in [0.717, 1.165) is 19.5 Å². The van der Waals surface area contributed by atoms with E-state index in [1.54, 1.807) is 12.0 Å². The lowest BCUT2D eigenvalue weighted by atomic mass is 9.92. The summed E-state index contributed by atoms with van der Waals surface area (Å²) >= 11 is 0. The molecule has 1 amide bonds. The minimum absolute atomic E-state index is 0.228. The van der Waals surface area contributed by atoms with Crippen molar-refractivity contribution >= 4 is 11.8 Å². The smallest absolute Gasteiger partial charge is 0.410 e. The molecule has 0 aromatic heterocycles. The zero-order valence-corrected chi connectivity index (χ0v) is 13.2. The van der Waals surface area contributed by atoms with E-state index in [0.29, 0.717) is 17.4 Å². The quantitative estimate of drug-likeness (QED) is 0.870. The third-order valence-corrected chi connectivity index (χ3v) is 3.43. The highest BCUT2D eigenvalue weighted by atomic mass is 16.6. The van der Waals surface area contributed by atoms with Crippen molar-refractivity contribution in [3.63, 3.8) is 0 Å². The number of amides is 1. The molecule has 0 unspecified atom stereocenters. The second-order valence-corrected chi connectivity index (χ2v) is 6.53. The van der Waals surface area contributed by atoms with Crippen LogP contribution in [-0.4, -0.2) is 36.8 Å². The van der Waals surface area contributed by atoms with E-state index < -0.39 is 5.60 Å². The zero-order valence-electron chi connectivity index (χ0n) is 13.2. The van der Waals surface area contributed by atoms with Gasteiger partial charge in [-0.15, -0.1) is 0 Å². The second kappa shape index (κ2) is 5.84. The number of nitrogens with zero attached hydrogens (tertiary/aromatic N) is 1. The van der Waals surface area contributed by atoms with Gasteiger partial charge in [-0.25, -0.2) is 4.79 Å². The second-order valence-electron chi connectivity index (χ2n) is 6.53. The predicted molar refractivity (Wildman–Crippen MR) is 82.4 cm³/mol. The number of benzene rings is 1. The van der Waals surface area contributed by atoms with Crippen LogP contribution in [0.4, 0.5) is 10.5 Å². The maximum Gasteiger partial charge on any atom is 0.410 e. The van der Waals surface area contributed by atoms with Gasteiger partial charge in [0.15, 0.2) is 0 Å². The zero-order chi connectivity index (χ0) is 15.6. The molecule has 0 aliphatic carbocycles. The molecule has 0 atom stereocenters. The number of likely N-dealkylation sites (tertiary alicyclic amines) is 1. The van der Waals surface area contributed by atoms with Crippen LogP contribution in [0.3, 0.4) is 0 Å². The van der Waals surface area contributed by atoms with Gasteiger partial charge in [0.2, 0.25) is 0 Å². The third kappa shape index (κ3) is 4.03. The molecule has 5 nitrogen and oxygen atoms in total. The van der Waals surface area contributed by atoms with E-state index in [1.807, 2.05) is 39.0 Å². The van der Waals surface area contributed by atoms with E-state index in [1.165, 1.54) is 5.56 Å². The molecule has 1 saturated heterocycles. The van der Waals surface area contributed by atoms with Crippen LogP contribution in [0.25, 0.3) is 0 Å². The first-order valence-electron chi connectivity index (χ1n) is 7.19. The number of ether oxygens (including phenoxy) is 2. The van der Waals surface area contributed by atoms with Gasteiger partial charge in [0, 0.05) is 13.1 Å². The van der Waals surface area contributed by atoms with Gasteiger partial charge in [0.1, 0.15) is 11.4 Å². The molecule has 0 bridgehead atoms. The molecule has 2 N–H and O–H groups in total. The molecule has 116 valence electrons. The summed E-state index contributed by atoms with van der Waals surface area (Å²) in [6.45, 7) is 7.11. The van der Waals surface area contributed by atoms with Crippen LogP contribution in [0.15, 0.2) is 18.2 Å². The Hall–Kier alpha value is -1.91. The molecule has 1 aromatic rings. The average molecular weight is 292 g/mol. The Balaban J connectivity index is 1.84. The van der Waals surface area contributed by atoms with Crippen molar-refractivity contribution in [3.05, 3.63) is 23.8 Å². The molecular weight excluding hydrogens is 268 g/mol. The molecular formula is C16H24N2O3. The highest BCUT2D eigenvalue weighted by Crippen LogP contribution is 2.27. The summed E-state index contributed by atoms with van der Waals surface area (Å²) in [5.74, 6) is 1.17. The van der Waals surface area contributed by atoms with Crippen LogP contribution < -0.4 is 10.5 Å².